The van der Waals surface area contributed by atoms with Crippen molar-refractivity contribution in [2.24, 2.45) is 5.92 Å². The highest BCUT2D eigenvalue weighted by atomic mass is 16.4. The van der Waals surface area contributed by atoms with Gasteiger partial charge < -0.3 is 10.4 Å². The van der Waals surface area contributed by atoms with Gasteiger partial charge in [-0.2, -0.15) is 0 Å². The Morgan fingerprint density at radius 2 is 2.29 bits per heavy atom. The van der Waals surface area contributed by atoms with E-state index in [1.54, 1.807) is 6.92 Å². The fourth-order valence-corrected chi connectivity index (χ4v) is 1.70. The van der Waals surface area contributed by atoms with Gasteiger partial charge in [-0.05, 0) is 25.7 Å². The molecule has 17 heavy (non-hydrogen) atoms. The number of aromatic amines is 1. The number of hydrogen-bond acceptors (Lipinski definition) is 4. The molecule has 1 aromatic rings. The van der Waals surface area contributed by atoms with Crippen molar-refractivity contribution in [2.75, 3.05) is 0 Å². The molecule has 1 aliphatic rings. The normalized spacial score (nSPS) is 16.5. The summed E-state index contributed by atoms with van der Waals surface area (Å²) in [6.07, 6.45) is 1.87. The van der Waals surface area contributed by atoms with E-state index in [1.807, 2.05) is 0 Å². The average Bonchev–Trinajstić information content (AvgIpc) is 2.99. The molecule has 1 aliphatic carbocycles. The first-order valence-corrected chi connectivity index (χ1v) is 5.48. The molecular formula is C10H14N4O3. The topological polar surface area (TPSA) is 108 Å². The molecule has 0 radical (unpaired) electrons. The van der Waals surface area contributed by atoms with Crippen molar-refractivity contribution in [3.8, 4) is 0 Å². The number of hydrogen-bond donors (Lipinski definition) is 3. The Labute approximate surface area is 97.6 Å². The molecule has 0 aliphatic heterocycles. The standard InChI is InChI=1S/C10H14N4O3/c1-5-11-9(14-13-5)10(17)12-7(4-8(15)16)6-2-3-6/h6-7H,2-4H2,1H3,(H,12,17)(H,15,16)(H,11,13,14). The van der Waals surface area contributed by atoms with Crippen molar-refractivity contribution in [3.05, 3.63) is 11.6 Å². The number of nitrogens with one attached hydrogen (secondary N) is 2. The first-order valence-electron chi connectivity index (χ1n) is 5.48. The van der Waals surface area contributed by atoms with E-state index in [4.69, 9.17) is 5.11 Å². The van der Waals surface area contributed by atoms with E-state index in [0.29, 0.717) is 5.82 Å². The molecule has 1 unspecified atom stereocenters. The second kappa shape index (κ2) is 4.52. The van der Waals surface area contributed by atoms with Crippen LogP contribution in [0, 0.1) is 12.8 Å². The van der Waals surface area contributed by atoms with Crippen molar-refractivity contribution < 1.29 is 14.7 Å². The van der Waals surface area contributed by atoms with Crippen LogP contribution < -0.4 is 5.32 Å². The van der Waals surface area contributed by atoms with Crippen LogP contribution in [-0.4, -0.2) is 38.2 Å². The van der Waals surface area contributed by atoms with E-state index in [2.05, 4.69) is 20.5 Å². The molecule has 0 aromatic carbocycles. The summed E-state index contributed by atoms with van der Waals surface area (Å²) in [5.41, 5.74) is 0. The van der Waals surface area contributed by atoms with Gasteiger partial charge in [-0.15, -0.1) is 5.10 Å². The summed E-state index contributed by atoms with van der Waals surface area (Å²) in [6.45, 7) is 1.69. The summed E-state index contributed by atoms with van der Waals surface area (Å²) in [5, 5.41) is 17.7. The highest BCUT2D eigenvalue weighted by molar-refractivity contribution is 5.90. The molecule has 1 atom stereocenters. The highest BCUT2D eigenvalue weighted by Gasteiger charge is 2.34. The van der Waals surface area contributed by atoms with E-state index < -0.39 is 11.9 Å². The maximum Gasteiger partial charge on any atom is 0.305 e. The number of aromatic nitrogens is 3. The molecule has 92 valence electrons. The van der Waals surface area contributed by atoms with E-state index >= 15 is 0 Å². The molecule has 1 aromatic heterocycles. The van der Waals surface area contributed by atoms with Crippen molar-refractivity contribution in [1.82, 2.24) is 20.5 Å². The van der Waals surface area contributed by atoms with E-state index in [1.165, 1.54) is 0 Å². The molecular weight excluding hydrogens is 224 g/mol. The third-order valence-electron chi connectivity index (χ3n) is 2.70. The molecule has 0 spiro atoms. The van der Waals surface area contributed by atoms with Gasteiger partial charge in [-0.1, -0.05) is 0 Å². The summed E-state index contributed by atoms with van der Waals surface area (Å²) < 4.78 is 0. The van der Waals surface area contributed by atoms with Crippen LogP contribution in [0.3, 0.4) is 0 Å². The van der Waals surface area contributed by atoms with Crippen molar-refractivity contribution >= 4 is 11.9 Å². The Morgan fingerprint density at radius 3 is 2.76 bits per heavy atom. The van der Waals surface area contributed by atoms with Gasteiger partial charge in [0.15, 0.2) is 0 Å². The quantitative estimate of drug-likeness (QED) is 0.674. The van der Waals surface area contributed by atoms with Gasteiger partial charge in [-0.25, -0.2) is 4.98 Å². The molecule has 1 heterocycles. The zero-order valence-electron chi connectivity index (χ0n) is 9.43. The number of carbonyl (C=O) groups is 2. The minimum atomic E-state index is -0.909. The molecule has 1 fully saturated rings. The van der Waals surface area contributed by atoms with Crippen molar-refractivity contribution in [1.29, 1.82) is 0 Å². The molecule has 0 saturated heterocycles. The van der Waals surface area contributed by atoms with Crippen LogP contribution in [0.2, 0.25) is 0 Å². The summed E-state index contributed by atoms with van der Waals surface area (Å²) >= 11 is 0. The van der Waals surface area contributed by atoms with E-state index in [0.717, 1.165) is 12.8 Å². The zero-order valence-corrected chi connectivity index (χ0v) is 9.43. The first kappa shape index (κ1) is 11.6. The van der Waals surface area contributed by atoms with Crippen LogP contribution in [0.4, 0.5) is 0 Å². The van der Waals surface area contributed by atoms with E-state index in [9.17, 15) is 9.59 Å². The Balaban J connectivity index is 1.97. The maximum atomic E-state index is 11.7. The van der Waals surface area contributed by atoms with Crippen LogP contribution in [0.25, 0.3) is 0 Å². The fourth-order valence-electron chi connectivity index (χ4n) is 1.70. The number of nitrogens with zero attached hydrogens (tertiary/aromatic N) is 2. The van der Waals surface area contributed by atoms with Crippen LogP contribution in [-0.2, 0) is 4.79 Å². The van der Waals surface area contributed by atoms with E-state index in [-0.39, 0.29) is 24.2 Å². The number of aliphatic carboxylic acids is 1. The third-order valence-corrected chi connectivity index (χ3v) is 2.70. The van der Waals surface area contributed by atoms with Gasteiger partial charge in [0.2, 0.25) is 5.82 Å². The zero-order chi connectivity index (χ0) is 12.4. The number of rotatable bonds is 5. The smallest absolute Gasteiger partial charge is 0.305 e. The summed E-state index contributed by atoms with van der Waals surface area (Å²) in [5.74, 6) is -0.453. The molecule has 3 N–H and O–H groups in total. The summed E-state index contributed by atoms with van der Waals surface area (Å²) in [7, 11) is 0. The molecule has 7 heteroatoms. The number of amides is 1. The summed E-state index contributed by atoms with van der Waals surface area (Å²) in [6, 6.07) is -0.321. The van der Waals surface area contributed by atoms with Gasteiger partial charge in [0.1, 0.15) is 5.82 Å². The highest BCUT2D eigenvalue weighted by Crippen LogP contribution is 2.34. The monoisotopic (exact) mass is 238 g/mol. The van der Waals surface area contributed by atoms with Gasteiger partial charge in [0.05, 0.1) is 6.42 Å². The second-order valence-corrected chi connectivity index (χ2v) is 4.26. The van der Waals surface area contributed by atoms with Gasteiger partial charge in [-0.3, -0.25) is 14.7 Å². The van der Waals surface area contributed by atoms with Crippen LogP contribution in [0.15, 0.2) is 0 Å². The summed E-state index contributed by atoms with van der Waals surface area (Å²) in [4.78, 5) is 26.3. The molecule has 2 rings (SSSR count). The van der Waals surface area contributed by atoms with Crippen molar-refractivity contribution in [2.45, 2.75) is 32.2 Å². The van der Waals surface area contributed by atoms with Gasteiger partial charge >= 0.3 is 5.97 Å². The Morgan fingerprint density at radius 1 is 1.59 bits per heavy atom. The second-order valence-electron chi connectivity index (χ2n) is 4.26. The Hall–Kier alpha value is -1.92. The van der Waals surface area contributed by atoms with Gasteiger partial charge in [0, 0.05) is 6.04 Å². The average molecular weight is 238 g/mol. The van der Waals surface area contributed by atoms with Crippen LogP contribution >= 0.6 is 0 Å². The van der Waals surface area contributed by atoms with Crippen LogP contribution in [0.1, 0.15) is 35.7 Å². The minimum Gasteiger partial charge on any atom is -0.481 e. The van der Waals surface area contributed by atoms with Gasteiger partial charge in [0.25, 0.3) is 5.91 Å². The lowest BCUT2D eigenvalue weighted by molar-refractivity contribution is -0.137. The number of carboxylic acid groups (broad SMARTS) is 1. The predicted octanol–water partition coefficient (Wildman–Crippen LogP) is 0.0962. The Kier molecular flexibility index (Phi) is 3.08. The number of carbonyl (C=O) groups excluding carboxylic acids is 1. The lowest BCUT2D eigenvalue weighted by atomic mass is 10.1. The number of H-pyrrole nitrogens is 1. The lowest BCUT2D eigenvalue weighted by Gasteiger charge is -2.14. The SMILES string of the molecule is Cc1nc(C(=O)NC(CC(=O)O)C2CC2)n[nH]1. The molecule has 1 amide bonds. The maximum absolute atomic E-state index is 11.7. The fraction of sp³-hybridized carbons (Fsp3) is 0.600. The Bertz CT molecular complexity index is 439. The largest absolute Gasteiger partial charge is 0.481 e. The predicted molar refractivity (Wildman–Crippen MR) is 57.4 cm³/mol. The first-order chi connectivity index (χ1) is 8.06. The van der Waals surface area contributed by atoms with Crippen LogP contribution in [0.5, 0.6) is 0 Å². The number of aryl methyl sites for hydroxylation is 1. The van der Waals surface area contributed by atoms with Crippen molar-refractivity contribution in [3.63, 3.8) is 0 Å². The third kappa shape index (κ3) is 3.02. The minimum absolute atomic E-state index is 0.0542. The lowest BCUT2D eigenvalue weighted by Crippen LogP contribution is -2.38. The molecule has 1 saturated carbocycles. The number of carboxylic acids is 1. The molecule has 7 nitrogen and oxygen atoms in total. The molecule has 0 bridgehead atoms.